The van der Waals surface area contributed by atoms with E-state index in [-0.39, 0.29) is 40.0 Å². The maximum Gasteiger partial charge on any atom is 0.0843 e. The third-order valence-corrected chi connectivity index (χ3v) is 10.9. The third-order valence-electron chi connectivity index (χ3n) is 10.9. The third kappa shape index (κ3) is 26.7. The summed E-state index contributed by atoms with van der Waals surface area (Å²) in [5.74, 6) is 0. The standard InChI is InChI=1S/C47H96O9/c1-37(2)49-30-25-42(10,11)53-34-28-45(16,17)56-46(18,19)35-38(55-44(14,15)27-33-52-41(8,9)24-29-48-22)36-54-47(20,21)40(6,7)23-31-51-43(12,13)26-32-50-39(3,4)5/h37-38H,23-36H2,1-22H3. The average molecular weight is 805 g/mol. The second kappa shape index (κ2) is 23.0. The number of ether oxygens (including phenoxy) is 9. The fraction of sp³-hybridized carbons (Fsp3) is 1.00. The first-order valence-electron chi connectivity index (χ1n) is 21.7. The molecule has 0 aromatic heterocycles. The Morgan fingerprint density at radius 1 is 0.411 bits per heavy atom. The van der Waals surface area contributed by atoms with Gasteiger partial charge in [0.2, 0.25) is 0 Å². The number of rotatable bonds is 32. The largest absolute Gasteiger partial charge is 0.385 e. The van der Waals surface area contributed by atoms with Crippen LogP contribution in [0.15, 0.2) is 0 Å². The second-order valence-electron chi connectivity index (χ2n) is 22.2. The molecule has 9 nitrogen and oxygen atoms in total. The molecule has 0 aliphatic carbocycles. The van der Waals surface area contributed by atoms with Gasteiger partial charge < -0.3 is 42.6 Å². The molecular weight excluding hydrogens is 709 g/mol. The average Bonchev–Trinajstić information content (AvgIpc) is 2.96. The summed E-state index contributed by atoms with van der Waals surface area (Å²) in [6.07, 6.45) is 5.51. The van der Waals surface area contributed by atoms with E-state index < -0.39 is 22.4 Å². The Hall–Kier alpha value is -0.360. The second-order valence-corrected chi connectivity index (χ2v) is 22.2. The summed E-state index contributed by atoms with van der Waals surface area (Å²) in [5.41, 5.74) is -2.96. The van der Waals surface area contributed by atoms with Crippen molar-refractivity contribution in [2.75, 3.05) is 53.4 Å². The molecule has 0 aliphatic heterocycles. The minimum absolute atomic E-state index is 0.155. The van der Waals surface area contributed by atoms with Gasteiger partial charge in [0.25, 0.3) is 0 Å². The van der Waals surface area contributed by atoms with Gasteiger partial charge in [-0.3, -0.25) is 0 Å². The highest BCUT2D eigenvalue weighted by Crippen LogP contribution is 2.39. The Morgan fingerprint density at radius 3 is 1.29 bits per heavy atom. The normalized spacial score (nSPS) is 15.3. The molecule has 0 aliphatic rings. The molecule has 0 radical (unpaired) electrons. The maximum absolute atomic E-state index is 6.98. The molecule has 0 heterocycles. The molecular formula is C47H96O9. The highest BCUT2D eigenvalue weighted by molar-refractivity contribution is 4.90. The van der Waals surface area contributed by atoms with Crippen molar-refractivity contribution >= 4 is 0 Å². The van der Waals surface area contributed by atoms with E-state index in [0.29, 0.717) is 52.7 Å². The topological polar surface area (TPSA) is 83.1 Å². The monoisotopic (exact) mass is 805 g/mol. The minimum Gasteiger partial charge on any atom is -0.385 e. The van der Waals surface area contributed by atoms with Crippen molar-refractivity contribution < 1.29 is 42.6 Å². The van der Waals surface area contributed by atoms with Crippen molar-refractivity contribution in [3.8, 4) is 0 Å². The zero-order valence-electron chi connectivity index (χ0n) is 41.2. The van der Waals surface area contributed by atoms with E-state index in [1.807, 2.05) is 0 Å². The predicted molar refractivity (Wildman–Crippen MR) is 233 cm³/mol. The van der Waals surface area contributed by atoms with Gasteiger partial charge in [-0.05, 0) is 175 Å². The van der Waals surface area contributed by atoms with Crippen LogP contribution in [0, 0.1) is 5.41 Å². The molecule has 0 bridgehead atoms. The quantitative estimate of drug-likeness (QED) is 0.0660. The fourth-order valence-electron chi connectivity index (χ4n) is 6.27. The van der Waals surface area contributed by atoms with Gasteiger partial charge >= 0.3 is 0 Å². The number of methoxy groups -OCH3 is 1. The highest BCUT2D eigenvalue weighted by atomic mass is 16.6. The SMILES string of the molecule is COCCC(C)(C)OCCC(C)(C)OC(COC(C)(C)C(C)(C)CCOC(C)(C)CCOC(C)(C)C)CC(C)(C)OC(C)(C)CCOC(C)(C)CCOC(C)C. The van der Waals surface area contributed by atoms with E-state index in [9.17, 15) is 0 Å². The molecule has 0 N–H and O–H groups in total. The highest BCUT2D eigenvalue weighted by Gasteiger charge is 2.41. The van der Waals surface area contributed by atoms with Crippen molar-refractivity contribution in [1.29, 1.82) is 0 Å². The van der Waals surface area contributed by atoms with E-state index in [2.05, 4.69) is 145 Å². The first-order chi connectivity index (χ1) is 25.0. The molecule has 338 valence electrons. The summed E-state index contributed by atoms with van der Waals surface area (Å²) in [6, 6.07) is 0. The molecule has 56 heavy (non-hydrogen) atoms. The van der Waals surface area contributed by atoms with E-state index in [1.165, 1.54) is 0 Å². The van der Waals surface area contributed by atoms with Crippen molar-refractivity contribution in [3.05, 3.63) is 0 Å². The molecule has 0 fully saturated rings. The van der Waals surface area contributed by atoms with Gasteiger partial charge in [-0.2, -0.15) is 0 Å². The molecule has 1 atom stereocenters. The lowest BCUT2D eigenvalue weighted by molar-refractivity contribution is -0.197. The van der Waals surface area contributed by atoms with E-state index in [1.54, 1.807) is 7.11 Å². The molecule has 0 aromatic rings. The summed E-state index contributed by atoms with van der Waals surface area (Å²) in [7, 11) is 1.73. The lowest BCUT2D eigenvalue weighted by atomic mass is 9.74. The van der Waals surface area contributed by atoms with Crippen molar-refractivity contribution in [3.63, 3.8) is 0 Å². The van der Waals surface area contributed by atoms with Gasteiger partial charge in [0.1, 0.15) is 0 Å². The van der Waals surface area contributed by atoms with E-state index in [0.717, 1.165) is 38.5 Å². The van der Waals surface area contributed by atoms with Crippen molar-refractivity contribution in [1.82, 2.24) is 0 Å². The summed E-state index contributed by atoms with van der Waals surface area (Å²) in [5, 5.41) is 0. The predicted octanol–water partition coefficient (Wildman–Crippen LogP) is 11.5. The number of hydrogen-bond acceptors (Lipinski definition) is 9. The maximum atomic E-state index is 6.98. The van der Waals surface area contributed by atoms with Crippen LogP contribution in [-0.4, -0.2) is 110 Å². The van der Waals surface area contributed by atoms with E-state index >= 15 is 0 Å². The molecule has 0 rings (SSSR count). The van der Waals surface area contributed by atoms with Crippen LogP contribution in [0.1, 0.15) is 190 Å². The van der Waals surface area contributed by atoms with Crippen LogP contribution in [0.5, 0.6) is 0 Å². The summed E-state index contributed by atoms with van der Waals surface area (Å²) in [6.45, 7) is 49.3. The lowest BCUT2D eigenvalue weighted by Gasteiger charge is -2.44. The first kappa shape index (κ1) is 55.6. The molecule has 0 saturated heterocycles. The van der Waals surface area contributed by atoms with Crippen LogP contribution >= 0.6 is 0 Å². The van der Waals surface area contributed by atoms with Crippen molar-refractivity contribution in [2.24, 2.45) is 5.41 Å². The Labute approximate surface area is 348 Å². The summed E-state index contributed by atoms with van der Waals surface area (Å²) in [4.78, 5) is 0. The molecule has 0 spiro atoms. The molecule has 0 aromatic carbocycles. The van der Waals surface area contributed by atoms with Crippen LogP contribution in [-0.2, 0) is 42.6 Å². The summed E-state index contributed by atoms with van der Waals surface area (Å²) < 4.78 is 56.9. The fourth-order valence-corrected chi connectivity index (χ4v) is 6.27. The van der Waals surface area contributed by atoms with Crippen LogP contribution in [0.25, 0.3) is 0 Å². The van der Waals surface area contributed by atoms with Crippen LogP contribution in [0.3, 0.4) is 0 Å². The Bertz CT molecular complexity index is 1050. The molecule has 0 amide bonds. The lowest BCUT2D eigenvalue weighted by Crippen LogP contribution is -2.47. The molecule has 9 heteroatoms. The summed E-state index contributed by atoms with van der Waals surface area (Å²) >= 11 is 0. The minimum atomic E-state index is -0.497. The van der Waals surface area contributed by atoms with E-state index in [4.69, 9.17) is 42.6 Å². The van der Waals surface area contributed by atoms with Gasteiger partial charge in [0.05, 0.1) is 76.8 Å². The zero-order chi connectivity index (χ0) is 43.9. The van der Waals surface area contributed by atoms with Gasteiger partial charge in [0, 0.05) is 40.0 Å². The van der Waals surface area contributed by atoms with Crippen molar-refractivity contribution in [2.45, 2.75) is 247 Å². The molecule has 1 unspecified atom stereocenters. The molecule has 0 saturated carbocycles. The Morgan fingerprint density at radius 2 is 0.821 bits per heavy atom. The smallest absolute Gasteiger partial charge is 0.0843 e. The number of hydrogen-bond donors (Lipinski definition) is 0. The van der Waals surface area contributed by atoms with Gasteiger partial charge in [-0.1, -0.05) is 13.8 Å². The van der Waals surface area contributed by atoms with Gasteiger partial charge in [-0.25, -0.2) is 0 Å². The van der Waals surface area contributed by atoms with Crippen LogP contribution < -0.4 is 0 Å². The first-order valence-corrected chi connectivity index (χ1v) is 21.7. The van der Waals surface area contributed by atoms with Gasteiger partial charge in [-0.15, -0.1) is 0 Å². The van der Waals surface area contributed by atoms with Gasteiger partial charge in [0.15, 0.2) is 0 Å². The Balaban J connectivity index is 5.80. The van der Waals surface area contributed by atoms with Crippen LogP contribution in [0.4, 0.5) is 0 Å². The Kier molecular flexibility index (Phi) is 22.9. The zero-order valence-corrected chi connectivity index (χ0v) is 41.2. The van der Waals surface area contributed by atoms with Crippen LogP contribution in [0.2, 0.25) is 0 Å².